The largest absolute Gasteiger partial charge is 0.486 e. The monoisotopic (exact) mass is 464 g/mol. The molecule has 1 heterocycles. The Hall–Kier alpha value is -2.39. The smallest absolute Gasteiger partial charge is 0.234 e. The number of thioether (sulfide) groups is 1. The van der Waals surface area contributed by atoms with Gasteiger partial charge < -0.3 is 14.6 Å². The van der Waals surface area contributed by atoms with Gasteiger partial charge in [-0.3, -0.25) is 4.79 Å². The van der Waals surface area contributed by atoms with Gasteiger partial charge in [0.1, 0.15) is 18.2 Å². The first kappa shape index (κ1) is 20.3. The number of amides is 1. The molecule has 0 aliphatic carbocycles. The van der Waals surface area contributed by atoms with E-state index < -0.39 is 5.82 Å². The van der Waals surface area contributed by atoms with E-state index in [1.807, 2.05) is 38.2 Å². The number of hydrogen-bond acceptors (Lipinski definition) is 5. The first-order valence-corrected chi connectivity index (χ1v) is 10.2. The summed E-state index contributed by atoms with van der Waals surface area (Å²) in [5.41, 5.74) is 1.30. The third-order valence-corrected chi connectivity index (χ3v) is 5.37. The number of rotatable bonds is 7. The van der Waals surface area contributed by atoms with Crippen LogP contribution < -0.4 is 10.1 Å². The number of hydrogen-bond donors (Lipinski definition) is 1. The van der Waals surface area contributed by atoms with Gasteiger partial charge in [-0.1, -0.05) is 45.4 Å². The second-order valence-electron chi connectivity index (χ2n) is 6.02. The van der Waals surface area contributed by atoms with Gasteiger partial charge in [-0.25, -0.2) is 4.39 Å². The molecule has 3 aromatic rings. The summed E-state index contributed by atoms with van der Waals surface area (Å²) in [6.45, 7) is 2.28. The molecule has 1 amide bonds. The van der Waals surface area contributed by atoms with E-state index in [9.17, 15) is 9.18 Å². The molecule has 0 aliphatic heterocycles. The zero-order valence-electron chi connectivity index (χ0n) is 15.3. The van der Waals surface area contributed by atoms with E-state index in [2.05, 4.69) is 31.4 Å². The summed E-state index contributed by atoms with van der Waals surface area (Å²) in [6.07, 6.45) is 0. The van der Waals surface area contributed by atoms with Gasteiger partial charge in [-0.05, 0) is 37.3 Å². The summed E-state index contributed by atoms with van der Waals surface area (Å²) < 4.78 is 21.9. The molecule has 1 aromatic heterocycles. The lowest BCUT2D eigenvalue weighted by atomic mass is 10.2. The Balaban J connectivity index is 1.53. The highest BCUT2D eigenvalue weighted by Gasteiger charge is 2.13. The lowest BCUT2D eigenvalue weighted by molar-refractivity contribution is -0.113. The van der Waals surface area contributed by atoms with Gasteiger partial charge in [-0.2, -0.15) is 0 Å². The number of carbonyl (C=O) groups excluding carboxylic acids is 1. The number of halogens is 2. The Kier molecular flexibility index (Phi) is 6.69. The van der Waals surface area contributed by atoms with Crippen molar-refractivity contribution in [3.8, 4) is 5.75 Å². The Morgan fingerprint density at radius 2 is 2.00 bits per heavy atom. The van der Waals surface area contributed by atoms with Crippen LogP contribution in [0.1, 0.15) is 11.4 Å². The van der Waals surface area contributed by atoms with Gasteiger partial charge in [0.05, 0.1) is 11.4 Å². The average molecular weight is 465 g/mol. The van der Waals surface area contributed by atoms with E-state index in [1.165, 1.54) is 23.9 Å². The molecule has 146 valence electrons. The molecule has 2 aromatic carbocycles. The average Bonchev–Trinajstić information content (AvgIpc) is 3.02. The molecule has 0 fully saturated rings. The van der Waals surface area contributed by atoms with Crippen molar-refractivity contribution in [1.29, 1.82) is 0 Å². The maximum absolute atomic E-state index is 13.8. The van der Waals surface area contributed by atoms with Crippen LogP contribution in [-0.4, -0.2) is 26.4 Å². The fourth-order valence-electron chi connectivity index (χ4n) is 2.29. The molecule has 0 atom stereocenters. The van der Waals surface area contributed by atoms with Crippen molar-refractivity contribution in [2.24, 2.45) is 7.05 Å². The number of nitrogens with one attached hydrogen (secondary N) is 1. The van der Waals surface area contributed by atoms with Gasteiger partial charge in [0, 0.05) is 11.5 Å². The van der Waals surface area contributed by atoms with Crippen molar-refractivity contribution in [2.45, 2.75) is 18.7 Å². The summed E-state index contributed by atoms with van der Waals surface area (Å²) >= 11 is 4.40. The minimum absolute atomic E-state index is 0.0836. The van der Waals surface area contributed by atoms with Gasteiger partial charge in [0.15, 0.2) is 11.0 Å². The third kappa shape index (κ3) is 5.32. The normalized spacial score (nSPS) is 10.7. The van der Waals surface area contributed by atoms with Crippen molar-refractivity contribution in [1.82, 2.24) is 14.8 Å². The third-order valence-electron chi connectivity index (χ3n) is 3.85. The summed E-state index contributed by atoms with van der Waals surface area (Å²) in [6, 6.07) is 12.2. The van der Waals surface area contributed by atoms with Gasteiger partial charge in [0.25, 0.3) is 0 Å². The molecule has 0 bridgehead atoms. The molecule has 9 heteroatoms. The molecule has 6 nitrogen and oxygen atoms in total. The second-order valence-corrected chi connectivity index (χ2v) is 7.88. The SMILES string of the molecule is Cc1ccc(OCc2nnc(SCC(=O)Nc3ccc(Br)cc3F)n2C)cc1. The van der Waals surface area contributed by atoms with Crippen LogP contribution in [0.3, 0.4) is 0 Å². The molecular weight excluding hydrogens is 447 g/mol. The zero-order chi connectivity index (χ0) is 20.1. The molecule has 3 rings (SSSR count). The maximum Gasteiger partial charge on any atom is 0.234 e. The summed E-state index contributed by atoms with van der Waals surface area (Å²) in [5, 5.41) is 11.3. The molecule has 1 N–H and O–H groups in total. The molecular formula is C19H18BrFN4O2S. The van der Waals surface area contributed by atoms with E-state index in [-0.39, 0.29) is 24.0 Å². The summed E-state index contributed by atoms with van der Waals surface area (Å²) in [4.78, 5) is 12.1. The maximum atomic E-state index is 13.8. The molecule has 0 radical (unpaired) electrons. The van der Waals surface area contributed by atoms with Crippen LogP contribution in [0.5, 0.6) is 5.75 Å². The zero-order valence-corrected chi connectivity index (χ0v) is 17.7. The number of nitrogens with zero attached hydrogens (tertiary/aromatic N) is 3. The molecule has 28 heavy (non-hydrogen) atoms. The minimum Gasteiger partial charge on any atom is -0.486 e. The van der Waals surface area contributed by atoms with Gasteiger partial charge in [-0.15, -0.1) is 10.2 Å². The van der Waals surface area contributed by atoms with Gasteiger partial charge in [0.2, 0.25) is 5.91 Å². The van der Waals surface area contributed by atoms with Crippen LogP contribution in [0.25, 0.3) is 0 Å². The Labute approximate surface area is 174 Å². The van der Waals surface area contributed by atoms with Gasteiger partial charge >= 0.3 is 0 Å². The predicted octanol–water partition coefficient (Wildman–Crippen LogP) is 4.33. The number of carbonyl (C=O) groups is 1. The van der Waals surface area contributed by atoms with Crippen molar-refractivity contribution in [3.05, 3.63) is 64.1 Å². The highest BCUT2D eigenvalue weighted by molar-refractivity contribution is 9.10. The number of ether oxygens (including phenoxy) is 1. The van der Waals surface area contributed by atoms with Crippen LogP contribution in [0, 0.1) is 12.7 Å². The minimum atomic E-state index is -0.498. The fourth-order valence-corrected chi connectivity index (χ4v) is 3.35. The molecule has 0 saturated carbocycles. The summed E-state index contributed by atoms with van der Waals surface area (Å²) in [5.74, 6) is 0.648. The highest BCUT2D eigenvalue weighted by atomic mass is 79.9. The van der Waals surface area contributed by atoms with Crippen LogP contribution in [0.15, 0.2) is 52.1 Å². The van der Waals surface area contributed by atoms with E-state index in [1.54, 1.807) is 10.6 Å². The first-order chi connectivity index (χ1) is 13.4. The number of aryl methyl sites for hydroxylation is 1. The van der Waals surface area contributed by atoms with Crippen molar-refractivity contribution >= 4 is 39.3 Å². The fraction of sp³-hybridized carbons (Fsp3) is 0.211. The molecule has 0 aliphatic rings. The number of benzene rings is 2. The van der Waals surface area contributed by atoms with Crippen molar-refractivity contribution in [3.63, 3.8) is 0 Å². The highest BCUT2D eigenvalue weighted by Crippen LogP contribution is 2.21. The quantitative estimate of drug-likeness (QED) is 0.526. The Bertz CT molecular complexity index is 979. The van der Waals surface area contributed by atoms with Crippen LogP contribution >= 0.6 is 27.7 Å². The number of aromatic nitrogens is 3. The van der Waals surface area contributed by atoms with Crippen LogP contribution in [-0.2, 0) is 18.4 Å². The molecule has 0 unspecified atom stereocenters. The Morgan fingerprint density at radius 1 is 1.25 bits per heavy atom. The second kappa shape index (κ2) is 9.20. The topological polar surface area (TPSA) is 69.0 Å². The van der Waals surface area contributed by atoms with E-state index in [0.29, 0.717) is 15.5 Å². The summed E-state index contributed by atoms with van der Waals surface area (Å²) in [7, 11) is 1.81. The van der Waals surface area contributed by atoms with Crippen molar-refractivity contribution in [2.75, 3.05) is 11.1 Å². The first-order valence-electron chi connectivity index (χ1n) is 8.38. The van der Waals surface area contributed by atoms with Crippen LogP contribution in [0.2, 0.25) is 0 Å². The lowest BCUT2D eigenvalue weighted by Crippen LogP contribution is -2.15. The standard InChI is InChI=1S/C19H18BrFN4O2S/c1-12-3-6-14(7-4-12)27-10-17-23-24-19(25(17)2)28-11-18(26)22-16-8-5-13(20)9-15(16)21/h3-9H,10-11H2,1-2H3,(H,22,26). The molecule has 0 saturated heterocycles. The lowest BCUT2D eigenvalue weighted by Gasteiger charge is -2.08. The van der Waals surface area contributed by atoms with E-state index >= 15 is 0 Å². The van der Waals surface area contributed by atoms with E-state index in [0.717, 1.165) is 11.3 Å². The van der Waals surface area contributed by atoms with E-state index in [4.69, 9.17) is 4.74 Å². The Morgan fingerprint density at radius 3 is 2.71 bits per heavy atom. The molecule has 0 spiro atoms. The van der Waals surface area contributed by atoms with Crippen LogP contribution in [0.4, 0.5) is 10.1 Å². The number of anilines is 1. The predicted molar refractivity (Wildman–Crippen MR) is 110 cm³/mol. The van der Waals surface area contributed by atoms with Crippen molar-refractivity contribution < 1.29 is 13.9 Å².